The lowest BCUT2D eigenvalue weighted by Crippen LogP contribution is -2.29. The summed E-state index contributed by atoms with van der Waals surface area (Å²) in [5, 5.41) is 3.12. The predicted molar refractivity (Wildman–Crippen MR) is 86.4 cm³/mol. The van der Waals surface area contributed by atoms with Gasteiger partial charge in [-0.3, -0.25) is 0 Å². The van der Waals surface area contributed by atoms with Gasteiger partial charge >= 0.3 is 5.51 Å². The molecular weight excluding hydrogens is 373 g/mol. The predicted octanol–water partition coefficient (Wildman–Crippen LogP) is 2.92. The Labute approximate surface area is 143 Å². The third kappa shape index (κ3) is 6.72. The van der Waals surface area contributed by atoms with Crippen molar-refractivity contribution in [2.45, 2.75) is 21.7 Å². The quantitative estimate of drug-likeness (QED) is 0.601. The standard InChI is InChI=1S/C13H15F3N2O2S2.ClH/c14-13(15,16)21-11-1-3-12(4-2-11)22(19,20)18-9-10-5-7-17-8-6-10;/h1-5,17-18H,6-9H2;1H. The van der Waals surface area contributed by atoms with E-state index in [2.05, 4.69) is 10.0 Å². The largest absolute Gasteiger partial charge is 0.446 e. The molecule has 0 unspecified atom stereocenters. The molecule has 0 aromatic heterocycles. The minimum absolute atomic E-state index is 0. The van der Waals surface area contributed by atoms with Crippen LogP contribution in [0.4, 0.5) is 13.2 Å². The average Bonchev–Trinajstić information content (AvgIpc) is 2.45. The van der Waals surface area contributed by atoms with Crippen LogP contribution >= 0.6 is 24.2 Å². The maximum Gasteiger partial charge on any atom is 0.446 e. The Morgan fingerprint density at radius 2 is 1.87 bits per heavy atom. The summed E-state index contributed by atoms with van der Waals surface area (Å²) in [6, 6.07) is 4.65. The third-order valence-electron chi connectivity index (χ3n) is 3.01. The summed E-state index contributed by atoms with van der Waals surface area (Å²) in [7, 11) is -3.72. The van der Waals surface area contributed by atoms with Gasteiger partial charge in [-0.25, -0.2) is 13.1 Å². The van der Waals surface area contributed by atoms with Gasteiger partial charge in [-0.15, -0.1) is 12.4 Å². The molecule has 2 rings (SSSR count). The van der Waals surface area contributed by atoms with Crippen molar-refractivity contribution in [1.82, 2.24) is 10.0 Å². The van der Waals surface area contributed by atoms with Crippen molar-refractivity contribution >= 4 is 34.2 Å². The Morgan fingerprint density at radius 1 is 1.22 bits per heavy atom. The number of benzene rings is 1. The van der Waals surface area contributed by atoms with Crippen LogP contribution in [-0.2, 0) is 10.0 Å². The fourth-order valence-electron chi connectivity index (χ4n) is 1.92. The molecule has 1 aromatic rings. The lowest BCUT2D eigenvalue weighted by Gasteiger charge is -2.15. The number of thioether (sulfide) groups is 1. The molecule has 0 radical (unpaired) electrons. The topological polar surface area (TPSA) is 58.2 Å². The first-order valence-electron chi connectivity index (χ1n) is 6.50. The molecule has 2 N–H and O–H groups in total. The van der Waals surface area contributed by atoms with Crippen LogP contribution in [0.5, 0.6) is 0 Å². The summed E-state index contributed by atoms with van der Waals surface area (Å²) in [6.45, 7) is 1.72. The van der Waals surface area contributed by atoms with Gasteiger partial charge in [-0.1, -0.05) is 11.6 Å². The SMILES string of the molecule is Cl.O=S(=O)(NCC1=CCNCC1)c1ccc(SC(F)(F)F)cc1. The zero-order valence-corrected chi connectivity index (χ0v) is 14.3. The molecule has 1 aliphatic rings. The van der Waals surface area contributed by atoms with Crippen molar-refractivity contribution in [2.24, 2.45) is 0 Å². The van der Waals surface area contributed by atoms with Gasteiger partial charge in [0.1, 0.15) is 0 Å². The molecule has 0 atom stereocenters. The summed E-state index contributed by atoms with van der Waals surface area (Å²) in [5.41, 5.74) is -3.40. The molecule has 0 saturated carbocycles. The summed E-state index contributed by atoms with van der Waals surface area (Å²) in [4.78, 5) is -0.0962. The Kier molecular flexibility index (Phi) is 7.40. The van der Waals surface area contributed by atoms with E-state index in [1.54, 1.807) is 0 Å². The van der Waals surface area contributed by atoms with Gasteiger partial charge in [0.05, 0.1) is 4.90 Å². The minimum Gasteiger partial charge on any atom is -0.313 e. The molecular formula is C13H16ClF3N2O2S2. The highest BCUT2D eigenvalue weighted by Crippen LogP contribution is 2.36. The Hall–Kier alpha value is -0.740. The van der Waals surface area contributed by atoms with Gasteiger partial charge in [-0.05, 0) is 49.0 Å². The summed E-state index contributed by atoms with van der Waals surface area (Å²) in [5.74, 6) is 0. The molecule has 10 heteroatoms. The van der Waals surface area contributed by atoms with Gasteiger partial charge in [0.15, 0.2) is 0 Å². The van der Waals surface area contributed by atoms with Crippen molar-refractivity contribution in [3.63, 3.8) is 0 Å². The summed E-state index contributed by atoms with van der Waals surface area (Å²) in [6.07, 6.45) is 2.69. The second-order valence-electron chi connectivity index (χ2n) is 4.66. The van der Waals surface area contributed by atoms with E-state index < -0.39 is 15.5 Å². The van der Waals surface area contributed by atoms with E-state index in [9.17, 15) is 21.6 Å². The molecule has 1 heterocycles. The normalized spacial score (nSPS) is 15.7. The van der Waals surface area contributed by atoms with E-state index in [-0.39, 0.29) is 40.5 Å². The van der Waals surface area contributed by atoms with E-state index in [0.29, 0.717) is 6.54 Å². The smallest absolute Gasteiger partial charge is 0.313 e. The number of hydrogen-bond donors (Lipinski definition) is 2. The second-order valence-corrected chi connectivity index (χ2v) is 7.57. The minimum atomic E-state index is -4.39. The van der Waals surface area contributed by atoms with Crippen molar-refractivity contribution in [1.29, 1.82) is 0 Å². The van der Waals surface area contributed by atoms with Crippen molar-refractivity contribution in [3.8, 4) is 0 Å². The molecule has 0 spiro atoms. The first-order chi connectivity index (χ1) is 10.3. The van der Waals surface area contributed by atoms with Crippen LogP contribution in [0.3, 0.4) is 0 Å². The van der Waals surface area contributed by atoms with Gasteiger partial charge in [0, 0.05) is 18.0 Å². The molecule has 0 fully saturated rings. The molecule has 4 nitrogen and oxygen atoms in total. The molecule has 0 bridgehead atoms. The number of halogens is 4. The molecule has 0 amide bonds. The maximum absolute atomic E-state index is 12.2. The fourth-order valence-corrected chi connectivity index (χ4v) is 3.50. The van der Waals surface area contributed by atoms with Crippen LogP contribution in [0.2, 0.25) is 0 Å². The monoisotopic (exact) mass is 388 g/mol. The zero-order chi connectivity index (χ0) is 16.2. The Balaban J connectivity index is 0.00000264. The zero-order valence-electron chi connectivity index (χ0n) is 11.9. The number of hydrogen-bond acceptors (Lipinski definition) is 4. The van der Waals surface area contributed by atoms with Gasteiger partial charge in [-0.2, -0.15) is 13.2 Å². The number of rotatable bonds is 5. The van der Waals surface area contributed by atoms with Crippen LogP contribution in [0.15, 0.2) is 45.7 Å². The third-order valence-corrected chi connectivity index (χ3v) is 5.17. The highest BCUT2D eigenvalue weighted by molar-refractivity contribution is 8.00. The molecule has 23 heavy (non-hydrogen) atoms. The fraction of sp³-hybridized carbons (Fsp3) is 0.385. The van der Waals surface area contributed by atoms with Crippen LogP contribution in [-0.4, -0.2) is 33.6 Å². The van der Waals surface area contributed by atoms with Crippen molar-refractivity contribution in [2.75, 3.05) is 19.6 Å². The lowest BCUT2D eigenvalue weighted by atomic mass is 10.1. The highest BCUT2D eigenvalue weighted by atomic mass is 35.5. The van der Waals surface area contributed by atoms with Crippen LogP contribution in [0.25, 0.3) is 0 Å². The van der Waals surface area contributed by atoms with E-state index in [4.69, 9.17) is 0 Å². The molecule has 1 aromatic carbocycles. The van der Waals surface area contributed by atoms with Crippen molar-refractivity contribution < 1.29 is 21.6 Å². The van der Waals surface area contributed by atoms with Gasteiger partial charge < -0.3 is 5.32 Å². The van der Waals surface area contributed by atoms with E-state index in [0.717, 1.165) is 30.7 Å². The number of nitrogens with one attached hydrogen (secondary N) is 2. The Bertz CT molecular complexity index is 646. The van der Waals surface area contributed by atoms with Crippen LogP contribution in [0, 0.1) is 0 Å². The van der Waals surface area contributed by atoms with E-state index >= 15 is 0 Å². The highest BCUT2D eigenvalue weighted by Gasteiger charge is 2.29. The Morgan fingerprint density at radius 3 is 2.39 bits per heavy atom. The van der Waals surface area contributed by atoms with Gasteiger partial charge in [0.2, 0.25) is 10.0 Å². The van der Waals surface area contributed by atoms with Crippen molar-refractivity contribution in [3.05, 3.63) is 35.9 Å². The van der Waals surface area contributed by atoms with Crippen LogP contribution in [0.1, 0.15) is 6.42 Å². The van der Waals surface area contributed by atoms with Crippen LogP contribution < -0.4 is 10.0 Å². The first kappa shape index (κ1) is 20.3. The molecule has 0 aliphatic carbocycles. The van der Waals surface area contributed by atoms with E-state index in [1.165, 1.54) is 12.1 Å². The summed E-state index contributed by atoms with van der Waals surface area (Å²) >= 11 is -0.275. The van der Waals surface area contributed by atoms with E-state index in [1.807, 2.05) is 6.08 Å². The lowest BCUT2D eigenvalue weighted by molar-refractivity contribution is -0.0328. The summed E-state index contributed by atoms with van der Waals surface area (Å²) < 4.78 is 63.3. The molecule has 0 saturated heterocycles. The first-order valence-corrected chi connectivity index (χ1v) is 8.80. The molecule has 1 aliphatic heterocycles. The maximum atomic E-state index is 12.2. The average molecular weight is 389 g/mol. The second kappa shape index (κ2) is 8.39. The number of sulfonamides is 1. The van der Waals surface area contributed by atoms with Gasteiger partial charge in [0.25, 0.3) is 0 Å². The number of alkyl halides is 3. The molecule has 130 valence electrons.